The van der Waals surface area contributed by atoms with Gasteiger partial charge in [0.2, 0.25) is 5.91 Å². The van der Waals surface area contributed by atoms with E-state index in [0.29, 0.717) is 12.2 Å². The highest BCUT2D eigenvalue weighted by molar-refractivity contribution is 7.80. The van der Waals surface area contributed by atoms with Crippen molar-refractivity contribution in [3.8, 4) is 0 Å². The molecule has 70 valence electrons. The Morgan fingerprint density at radius 2 is 2.00 bits per heavy atom. The van der Waals surface area contributed by atoms with Crippen molar-refractivity contribution in [1.29, 1.82) is 0 Å². The van der Waals surface area contributed by atoms with Crippen LogP contribution in [0.5, 0.6) is 0 Å². The summed E-state index contributed by atoms with van der Waals surface area (Å²) in [5, 5.41) is 0. The molecule has 0 spiro atoms. The lowest BCUT2D eigenvalue weighted by Crippen LogP contribution is -2.16. The van der Waals surface area contributed by atoms with Crippen molar-refractivity contribution in [1.82, 2.24) is 0 Å². The highest BCUT2D eigenvalue weighted by Gasteiger charge is 2.11. The molecule has 0 saturated carbocycles. The lowest BCUT2D eigenvalue weighted by atomic mass is 9.97. The van der Waals surface area contributed by atoms with Gasteiger partial charge in [0.05, 0.1) is 0 Å². The average Bonchev–Trinajstić information content (AvgIpc) is 2.15. The van der Waals surface area contributed by atoms with E-state index in [0.717, 1.165) is 5.56 Å². The number of carbonyl (C=O) groups is 1. The molecule has 2 nitrogen and oxygen atoms in total. The van der Waals surface area contributed by atoms with Crippen LogP contribution >= 0.6 is 12.6 Å². The second kappa shape index (κ2) is 4.92. The lowest BCUT2D eigenvalue weighted by molar-refractivity contribution is -0.118. The van der Waals surface area contributed by atoms with Gasteiger partial charge in [0.25, 0.3) is 0 Å². The average molecular weight is 195 g/mol. The summed E-state index contributed by atoms with van der Waals surface area (Å²) in [4.78, 5) is 10.7. The zero-order chi connectivity index (χ0) is 9.68. The third-order valence-electron chi connectivity index (χ3n) is 1.94. The monoisotopic (exact) mass is 195 g/mol. The van der Waals surface area contributed by atoms with Gasteiger partial charge in [-0.1, -0.05) is 30.3 Å². The molecule has 0 saturated heterocycles. The summed E-state index contributed by atoms with van der Waals surface area (Å²) < 4.78 is 0. The second-order valence-corrected chi connectivity index (χ2v) is 3.33. The minimum atomic E-state index is -0.275. The van der Waals surface area contributed by atoms with Crippen LogP contribution in [0.4, 0.5) is 0 Å². The molecule has 2 N–H and O–H groups in total. The number of hydrogen-bond donors (Lipinski definition) is 2. The fraction of sp³-hybridized carbons (Fsp3) is 0.300. The molecule has 1 unspecified atom stereocenters. The Bertz CT molecular complexity index is 274. The Hall–Kier alpha value is -0.960. The van der Waals surface area contributed by atoms with Crippen LogP contribution < -0.4 is 5.73 Å². The molecular formula is C10H13NOS. The molecular weight excluding hydrogens is 182 g/mol. The molecule has 3 heteroatoms. The number of amides is 1. The van der Waals surface area contributed by atoms with Crippen LogP contribution in [0.15, 0.2) is 30.3 Å². The predicted molar refractivity (Wildman–Crippen MR) is 56.8 cm³/mol. The first-order chi connectivity index (χ1) is 6.24. The largest absolute Gasteiger partial charge is 0.370 e. The summed E-state index contributed by atoms with van der Waals surface area (Å²) in [5.74, 6) is 0.511. The number of benzene rings is 1. The van der Waals surface area contributed by atoms with E-state index in [4.69, 9.17) is 5.73 Å². The van der Waals surface area contributed by atoms with Crippen molar-refractivity contribution in [2.75, 3.05) is 5.75 Å². The van der Waals surface area contributed by atoms with Gasteiger partial charge in [-0.2, -0.15) is 12.6 Å². The minimum Gasteiger partial charge on any atom is -0.370 e. The summed E-state index contributed by atoms with van der Waals surface area (Å²) >= 11 is 4.19. The van der Waals surface area contributed by atoms with Crippen LogP contribution in [0.25, 0.3) is 0 Å². The Balaban J connectivity index is 2.73. The molecule has 1 rings (SSSR count). The van der Waals surface area contributed by atoms with Crippen molar-refractivity contribution in [3.63, 3.8) is 0 Å². The van der Waals surface area contributed by atoms with E-state index in [1.54, 1.807) is 0 Å². The lowest BCUT2D eigenvalue weighted by Gasteiger charge is -2.11. The van der Waals surface area contributed by atoms with Crippen LogP contribution in [-0.4, -0.2) is 11.7 Å². The third-order valence-corrected chi connectivity index (χ3v) is 2.38. The van der Waals surface area contributed by atoms with E-state index in [-0.39, 0.29) is 11.8 Å². The highest BCUT2D eigenvalue weighted by Crippen LogP contribution is 2.19. The van der Waals surface area contributed by atoms with Gasteiger partial charge in [-0.05, 0) is 11.3 Å². The zero-order valence-corrected chi connectivity index (χ0v) is 8.21. The van der Waals surface area contributed by atoms with Crippen molar-refractivity contribution in [3.05, 3.63) is 35.9 Å². The number of carbonyl (C=O) groups excluding carboxylic acids is 1. The molecule has 13 heavy (non-hydrogen) atoms. The van der Waals surface area contributed by atoms with E-state index in [1.807, 2.05) is 30.3 Å². The first-order valence-electron chi connectivity index (χ1n) is 4.18. The van der Waals surface area contributed by atoms with Crippen molar-refractivity contribution in [2.24, 2.45) is 5.73 Å². The van der Waals surface area contributed by atoms with Crippen LogP contribution in [0, 0.1) is 0 Å². The minimum absolute atomic E-state index is 0.141. The van der Waals surface area contributed by atoms with Gasteiger partial charge in [0.15, 0.2) is 0 Å². The molecule has 0 bridgehead atoms. The van der Waals surface area contributed by atoms with Gasteiger partial charge in [0, 0.05) is 12.3 Å². The summed E-state index contributed by atoms with van der Waals surface area (Å²) in [6, 6.07) is 9.83. The molecule has 0 aliphatic rings. The Morgan fingerprint density at radius 1 is 1.38 bits per heavy atom. The Morgan fingerprint density at radius 3 is 2.46 bits per heavy atom. The van der Waals surface area contributed by atoms with Crippen LogP contribution in [0.2, 0.25) is 0 Å². The highest BCUT2D eigenvalue weighted by atomic mass is 32.1. The van der Waals surface area contributed by atoms with E-state index >= 15 is 0 Å². The molecule has 1 atom stereocenters. The van der Waals surface area contributed by atoms with Crippen molar-refractivity contribution >= 4 is 18.5 Å². The summed E-state index contributed by atoms with van der Waals surface area (Å²) in [6.07, 6.45) is 0.369. The molecule has 0 fully saturated rings. The fourth-order valence-corrected chi connectivity index (χ4v) is 1.60. The normalized spacial score (nSPS) is 12.4. The maximum absolute atomic E-state index is 10.7. The number of thiol groups is 1. The molecule has 0 heterocycles. The van der Waals surface area contributed by atoms with Gasteiger partial charge in [-0.25, -0.2) is 0 Å². The molecule has 0 radical (unpaired) electrons. The molecule has 0 aliphatic carbocycles. The number of hydrogen-bond acceptors (Lipinski definition) is 2. The number of primary amides is 1. The number of rotatable bonds is 4. The van der Waals surface area contributed by atoms with E-state index < -0.39 is 0 Å². The third kappa shape index (κ3) is 3.11. The molecule has 0 aliphatic heterocycles. The first-order valence-corrected chi connectivity index (χ1v) is 4.81. The van der Waals surface area contributed by atoms with Gasteiger partial charge in [-0.3, -0.25) is 4.79 Å². The molecule has 1 aromatic rings. The fourth-order valence-electron chi connectivity index (χ4n) is 1.26. The smallest absolute Gasteiger partial charge is 0.218 e. The Labute approximate surface area is 83.5 Å². The zero-order valence-electron chi connectivity index (χ0n) is 7.31. The van der Waals surface area contributed by atoms with Gasteiger partial charge < -0.3 is 5.73 Å². The molecule has 0 aromatic heterocycles. The summed E-state index contributed by atoms with van der Waals surface area (Å²) in [7, 11) is 0. The summed E-state index contributed by atoms with van der Waals surface area (Å²) in [5.41, 5.74) is 6.25. The first kappa shape index (κ1) is 10.1. The number of nitrogens with two attached hydrogens (primary N) is 1. The van der Waals surface area contributed by atoms with Crippen LogP contribution in [-0.2, 0) is 4.79 Å². The van der Waals surface area contributed by atoms with Gasteiger partial charge in [-0.15, -0.1) is 0 Å². The van der Waals surface area contributed by atoms with E-state index in [1.165, 1.54) is 0 Å². The molecule has 1 amide bonds. The maximum atomic E-state index is 10.7. The summed E-state index contributed by atoms with van der Waals surface area (Å²) in [6.45, 7) is 0. The topological polar surface area (TPSA) is 43.1 Å². The van der Waals surface area contributed by atoms with Crippen LogP contribution in [0.3, 0.4) is 0 Å². The van der Waals surface area contributed by atoms with Gasteiger partial charge >= 0.3 is 0 Å². The Kier molecular flexibility index (Phi) is 3.83. The van der Waals surface area contributed by atoms with E-state index in [9.17, 15) is 4.79 Å². The van der Waals surface area contributed by atoms with Crippen molar-refractivity contribution < 1.29 is 4.79 Å². The van der Waals surface area contributed by atoms with Crippen LogP contribution in [0.1, 0.15) is 17.9 Å². The predicted octanol–water partition coefficient (Wildman–Crippen LogP) is 1.58. The standard InChI is InChI=1S/C10H13NOS/c11-10(12)6-9(7-13)8-4-2-1-3-5-8/h1-5,9,13H,6-7H2,(H2,11,12). The SMILES string of the molecule is NC(=O)CC(CS)c1ccccc1. The maximum Gasteiger partial charge on any atom is 0.218 e. The van der Waals surface area contributed by atoms with Gasteiger partial charge in [0.1, 0.15) is 0 Å². The van der Waals surface area contributed by atoms with Crippen molar-refractivity contribution in [2.45, 2.75) is 12.3 Å². The quantitative estimate of drug-likeness (QED) is 0.704. The second-order valence-electron chi connectivity index (χ2n) is 2.96. The van der Waals surface area contributed by atoms with E-state index in [2.05, 4.69) is 12.6 Å². The molecule has 1 aromatic carbocycles.